The summed E-state index contributed by atoms with van der Waals surface area (Å²) >= 11 is 1.49. The molecule has 0 radical (unpaired) electrons. The van der Waals surface area contributed by atoms with Crippen molar-refractivity contribution < 1.29 is 9.53 Å². The number of nitrogens with two attached hydrogens (primary N) is 1. The summed E-state index contributed by atoms with van der Waals surface area (Å²) in [6.07, 6.45) is 0.711. The van der Waals surface area contributed by atoms with Crippen molar-refractivity contribution in [2.24, 2.45) is 5.73 Å². The van der Waals surface area contributed by atoms with Gasteiger partial charge in [-0.2, -0.15) is 0 Å². The first-order chi connectivity index (χ1) is 6.19. The van der Waals surface area contributed by atoms with E-state index < -0.39 is 0 Å². The smallest absolute Gasteiger partial charge is 0.357 e. The van der Waals surface area contributed by atoms with Crippen LogP contribution in [0.4, 0.5) is 0 Å². The minimum absolute atomic E-state index is 0.378. The molecule has 0 aliphatic carbocycles. The Morgan fingerprint density at radius 1 is 1.69 bits per heavy atom. The Labute approximate surface area is 80.7 Å². The first kappa shape index (κ1) is 10.1. The first-order valence-electron chi connectivity index (χ1n) is 3.93. The maximum atomic E-state index is 11.1. The second-order valence-electron chi connectivity index (χ2n) is 2.54. The number of rotatable bonds is 3. The third kappa shape index (κ3) is 2.26. The normalized spacial score (nSPS) is 10.1. The Bertz CT molecular complexity index is 309. The maximum Gasteiger partial charge on any atom is 0.357 e. The average molecular weight is 200 g/mol. The number of carbonyl (C=O) groups is 1. The predicted octanol–water partition coefficient (Wildman–Crippen LogP) is 0.739. The largest absolute Gasteiger partial charge is 0.464 e. The van der Waals surface area contributed by atoms with E-state index in [1.165, 1.54) is 18.4 Å². The predicted molar refractivity (Wildman–Crippen MR) is 50.9 cm³/mol. The van der Waals surface area contributed by atoms with Crippen molar-refractivity contribution in [1.29, 1.82) is 0 Å². The number of nitrogens with zero attached hydrogens (tertiary/aromatic N) is 1. The molecular weight excluding hydrogens is 188 g/mol. The van der Waals surface area contributed by atoms with Crippen LogP contribution in [0.25, 0.3) is 0 Å². The van der Waals surface area contributed by atoms with Gasteiger partial charge in [0, 0.05) is 11.3 Å². The van der Waals surface area contributed by atoms with Crippen LogP contribution in [0.2, 0.25) is 0 Å². The van der Waals surface area contributed by atoms with Crippen molar-refractivity contribution >= 4 is 17.3 Å². The molecule has 0 amide bonds. The van der Waals surface area contributed by atoms with E-state index in [0.29, 0.717) is 18.7 Å². The highest BCUT2D eigenvalue weighted by Crippen LogP contribution is 2.18. The fourth-order valence-corrected chi connectivity index (χ4v) is 1.90. The highest BCUT2D eigenvalue weighted by Gasteiger charge is 2.14. The van der Waals surface area contributed by atoms with Gasteiger partial charge in [-0.25, -0.2) is 9.78 Å². The molecule has 72 valence electrons. The van der Waals surface area contributed by atoms with Crippen molar-refractivity contribution in [3.8, 4) is 0 Å². The summed E-state index contributed by atoms with van der Waals surface area (Å²) in [6.45, 7) is 2.40. The van der Waals surface area contributed by atoms with Gasteiger partial charge in [0.05, 0.1) is 12.1 Å². The number of methoxy groups -OCH3 is 1. The number of hydrogen-bond donors (Lipinski definition) is 1. The lowest BCUT2D eigenvalue weighted by Gasteiger charge is -1.93. The molecule has 1 rings (SSSR count). The number of aromatic nitrogens is 1. The fraction of sp³-hybridized carbons (Fsp3) is 0.500. The molecule has 1 aromatic rings. The lowest BCUT2D eigenvalue weighted by Crippen LogP contribution is -2.05. The van der Waals surface area contributed by atoms with Gasteiger partial charge in [-0.15, -0.1) is 11.3 Å². The monoisotopic (exact) mass is 200 g/mol. The van der Waals surface area contributed by atoms with Crippen molar-refractivity contribution in [3.63, 3.8) is 0 Å². The van der Waals surface area contributed by atoms with Crippen LogP contribution in [-0.2, 0) is 11.2 Å². The molecule has 0 unspecified atom stereocenters. The van der Waals surface area contributed by atoms with Gasteiger partial charge < -0.3 is 10.5 Å². The van der Waals surface area contributed by atoms with Crippen LogP contribution in [0.15, 0.2) is 0 Å². The molecule has 0 fully saturated rings. The molecule has 0 spiro atoms. The number of carbonyl (C=O) groups excluding carboxylic acids is 1. The van der Waals surface area contributed by atoms with Gasteiger partial charge in [-0.05, 0) is 13.5 Å². The van der Waals surface area contributed by atoms with Crippen LogP contribution >= 0.6 is 11.3 Å². The lowest BCUT2D eigenvalue weighted by molar-refractivity contribution is 0.0594. The summed E-state index contributed by atoms with van der Waals surface area (Å²) < 4.78 is 4.58. The summed E-state index contributed by atoms with van der Waals surface area (Å²) in [6, 6.07) is 0. The topological polar surface area (TPSA) is 65.2 Å². The van der Waals surface area contributed by atoms with Crippen LogP contribution in [0.1, 0.15) is 20.4 Å². The molecule has 0 saturated heterocycles. The SMILES string of the molecule is COC(=O)c1nc(CCN)sc1C. The second kappa shape index (κ2) is 4.34. The zero-order chi connectivity index (χ0) is 9.84. The van der Waals surface area contributed by atoms with E-state index in [2.05, 4.69) is 9.72 Å². The second-order valence-corrected chi connectivity index (χ2v) is 3.83. The van der Waals surface area contributed by atoms with Gasteiger partial charge in [0.25, 0.3) is 0 Å². The van der Waals surface area contributed by atoms with Crippen LogP contribution < -0.4 is 5.73 Å². The van der Waals surface area contributed by atoms with E-state index in [0.717, 1.165) is 9.88 Å². The Kier molecular flexibility index (Phi) is 3.39. The van der Waals surface area contributed by atoms with Crippen molar-refractivity contribution in [3.05, 3.63) is 15.6 Å². The van der Waals surface area contributed by atoms with Crippen LogP contribution in [-0.4, -0.2) is 24.6 Å². The maximum absolute atomic E-state index is 11.1. The molecule has 1 heterocycles. The summed E-state index contributed by atoms with van der Waals surface area (Å²) in [5.74, 6) is -0.378. The number of hydrogen-bond acceptors (Lipinski definition) is 5. The molecular formula is C8H12N2O2S. The molecule has 13 heavy (non-hydrogen) atoms. The molecule has 0 aliphatic heterocycles. The zero-order valence-corrected chi connectivity index (χ0v) is 8.48. The van der Waals surface area contributed by atoms with E-state index in [1.807, 2.05) is 6.92 Å². The molecule has 0 aliphatic rings. The summed E-state index contributed by atoms with van der Waals surface area (Å²) in [5, 5.41) is 0.889. The number of esters is 1. The molecule has 0 saturated carbocycles. The minimum atomic E-state index is -0.378. The van der Waals surface area contributed by atoms with Gasteiger partial charge in [-0.3, -0.25) is 0 Å². The van der Waals surface area contributed by atoms with E-state index in [9.17, 15) is 4.79 Å². The molecule has 0 aromatic carbocycles. The Hall–Kier alpha value is -0.940. The summed E-state index contributed by atoms with van der Waals surface area (Å²) in [7, 11) is 1.35. The quantitative estimate of drug-likeness (QED) is 0.731. The van der Waals surface area contributed by atoms with Crippen molar-refractivity contribution in [2.75, 3.05) is 13.7 Å². The molecule has 4 nitrogen and oxygen atoms in total. The third-order valence-corrected chi connectivity index (χ3v) is 2.61. The number of thiazole rings is 1. The van der Waals surface area contributed by atoms with Crippen molar-refractivity contribution in [1.82, 2.24) is 4.98 Å². The summed E-state index contributed by atoms with van der Waals surface area (Å²) in [5.41, 5.74) is 5.79. The zero-order valence-electron chi connectivity index (χ0n) is 7.66. The van der Waals surface area contributed by atoms with Crippen molar-refractivity contribution in [2.45, 2.75) is 13.3 Å². The Morgan fingerprint density at radius 3 is 2.92 bits per heavy atom. The Balaban J connectivity index is 2.89. The lowest BCUT2D eigenvalue weighted by atomic mass is 10.4. The van der Waals surface area contributed by atoms with Gasteiger partial charge in [0.2, 0.25) is 0 Å². The highest BCUT2D eigenvalue weighted by molar-refractivity contribution is 7.11. The van der Waals surface area contributed by atoms with Crippen LogP contribution in [0.5, 0.6) is 0 Å². The van der Waals surface area contributed by atoms with E-state index in [-0.39, 0.29) is 5.97 Å². The number of aryl methyl sites for hydroxylation is 1. The minimum Gasteiger partial charge on any atom is -0.464 e. The molecule has 2 N–H and O–H groups in total. The van der Waals surface area contributed by atoms with Gasteiger partial charge in [-0.1, -0.05) is 0 Å². The first-order valence-corrected chi connectivity index (χ1v) is 4.75. The van der Waals surface area contributed by atoms with E-state index >= 15 is 0 Å². The fourth-order valence-electron chi connectivity index (χ4n) is 0.968. The Morgan fingerprint density at radius 2 is 2.38 bits per heavy atom. The molecule has 5 heteroatoms. The van der Waals surface area contributed by atoms with Crippen LogP contribution in [0.3, 0.4) is 0 Å². The third-order valence-electron chi connectivity index (χ3n) is 1.58. The van der Waals surface area contributed by atoms with E-state index in [4.69, 9.17) is 5.73 Å². The molecule has 0 atom stereocenters. The van der Waals surface area contributed by atoms with Gasteiger partial charge >= 0.3 is 5.97 Å². The average Bonchev–Trinajstić information content (AvgIpc) is 2.46. The molecule has 1 aromatic heterocycles. The van der Waals surface area contributed by atoms with E-state index in [1.54, 1.807) is 0 Å². The highest BCUT2D eigenvalue weighted by atomic mass is 32.1. The van der Waals surface area contributed by atoms with Gasteiger partial charge in [0.15, 0.2) is 5.69 Å². The number of ether oxygens (including phenoxy) is 1. The standard InChI is InChI=1S/C8H12N2O2S/c1-5-7(8(11)12-2)10-6(13-5)3-4-9/h3-4,9H2,1-2H3. The molecule has 0 bridgehead atoms. The van der Waals surface area contributed by atoms with Crippen LogP contribution in [0, 0.1) is 6.92 Å². The summed E-state index contributed by atoms with van der Waals surface area (Å²) in [4.78, 5) is 16.2. The van der Waals surface area contributed by atoms with Gasteiger partial charge in [0.1, 0.15) is 0 Å².